The first kappa shape index (κ1) is 21.8. The number of nitriles is 1. The molecule has 0 fully saturated rings. The highest BCUT2D eigenvalue weighted by Gasteiger charge is 2.16. The van der Waals surface area contributed by atoms with Crippen LogP contribution in [-0.2, 0) is 22.7 Å². The molecule has 0 radical (unpaired) electrons. The van der Waals surface area contributed by atoms with Crippen LogP contribution in [0.2, 0.25) is 0 Å². The third-order valence-corrected chi connectivity index (χ3v) is 4.82. The minimum absolute atomic E-state index is 0.0933. The lowest BCUT2D eigenvalue weighted by Gasteiger charge is -2.07. The van der Waals surface area contributed by atoms with Gasteiger partial charge in [-0.25, -0.2) is 4.79 Å². The lowest BCUT2D eigenvalue weighted by atomic mass is 10.1. The molecule has 0 unspecified atom stereocenters. The maximum atomic E-state index is 12.4. The first-order valence-corrected chi connectivity index (χ1v) is 9.89. The summed E-state index contributed by atoms with van der Waals surface area (Å²) < 4.78 is 17.7. The summed E-state index contributed by atoms with van der Waals surface area (Å²) in [7, 11) is 1.57. The Labute approximate surface area is 180 Å². The number of hydrogen-bond donors (Lipinski definition) is 0. The molecule has 3 rings (SSSR count). The number of carbonyl (C=O) groups excluding carboxylic acids is 1. The molecule has 0 saturated heterocycles. The number of esters is 1. The summed E-state index contributed by atoms with van der Waals surface area (Å²) in [5.41, 5.74) is 3.51. The Balaban J connectivity index is 1.70. The number of nitrogens with zero attached hydrogens (tertiary/aromatic N) is 4. The summed E-state index contributed by atoms with van der Waals surface area (Å²) in [5, 5.41) is 13.3. The average molecular weight is 420 g/mol. The maximum Gasteiger partial charge on any atom is 0.349 e. The number of hydrogen-bond acceptors (Lipinski definition) is 7. The molecule has 8 nitrogen and oxygen atoms in total. The quantitative estimate of drug-likeness (QED) is 0.305. The molecule has 0 aliphatic rings. The highest BCUT2D eigenvalue weighted by Crippen LogP contribution is 2.22. The Morgan fingerprint density at radius 1 is 1.32 bits per heavy atom. The second-order valence-corrected chi connectivity index (χ2v) is 6.97. The fraction of sp³-hybridized carbons (Fsp3) is 0.304. The molecular formula is C23H24N4O4. The normalized spacial score (nSPS) is 11.3. The molecule has 0 aliphatic heterocycles. The standard InChI is InChI=1S/C23H24N4O4/c1-5-9-27-15(2)10-18(16(27)3)11-19(13-24)23(28)30-14-21-25-22(26-31-21)17-7-6-8-20(12-17)29-4/h6-8,10-12H,5,9,14H2,1-4H3/b19-11+. The zero-order chi connectivity index (χ0) is 22.4. The van der Waals surface area contributed by atoms with Gasteiger partial charge in [0.1, 0.15) is 17.4 Å². The molecule has 31 heavy (non-hydrogen) atoms. The molecule has 160 valence electrons. The lowest BCUT2D eigenvalue weighted by molar-refractivity contribution is -0.140. The van der Waals surface area contributed by atoms with E-state index in [0.29, 0.717) is 17.1 Å². The maximum absolute atomic E-state index is 12.4. The van der Waals surface area contributed by atoms with Gasteiger partial charge in [0.2, 0.25) is 5.82 Å². The first-order chi connectivity index (χ1) is 15.0. The van der Waals surface area contributed by atoms with Crippen molar-refractivity contribution in [2.24, 2.45) is 0 Å². The molecule has 0 atom stereocenters. The number of rotatable bonds is 8. The Morgan fingerprint density at radius 3 is 2.84 bits per heavy atom. The highest BCUT2D eigenvalue weighted by atomic mass is 16.6. The molecule has 0 saturated carbocycles. The molecule has 0 N–H and O–H groups in total. The minimum atomic E-state index is -0.746. The summed E-state index contributed by atoms with van der Waals surface area (Å²) in [4.78, 5) is 16.6. The van der Waals surface area contributed by atoms with Gasteiger partial charge in [-0.2, -0.15) is 10.2 Å². The van der Waals surface area contributed by atoms with E-state index in [-0.39, 0.29) is 18.1 Å². The molecule has 0 bridgehead atoms. The van der Waals surface area contributed by atoms with Crippen molar-refractivity contribution >= 4 is 12.0 Å². The van der Waals surface area contributed by atoms with Gasteiger partial charge in [-0.3, -0.25) is 0 Å². The number of benzene rings is 1. The first-order valence-electron chi connectivity index (χ1n) is 9.89. The Morgan fingerprint density at radius 2 is 2.13 bits per heavy atom. The monoisotopic (exact) mass is 420 g/mol. The molecule has 3 aromatic rings. The number of aromatic nitrogens is 3. The van der Waals surface area contributed by atoms with E-state index in [1.807, 2.05) is 44.2 Å². The van der Waals surface area contributed by atoms with Crippen molar-refractivity contribution in [3.8, 4) is 23.2 Å². The summed E-state index contributed by atoms with van der Waals surface area (Å²) in [6.45, 7) is 6.71. The summed E-state index contributed by atoms with van der Waals surface area (Å²) in [6.07, 6.45) is 2.54. The van der Waals surface area contributed by atoms with Crippen LogP contribution in [0.15, 0.2) is 40.4 Å². The second-order valence-electron chi connectivity index (χ2n) is 6.97. The number of methoxy groups -OCH3 is 1. The van der Waals surface area contributed by atoms with Gasteiger partial charge in [-0.15, -0.1) is 0 Å². The second kappa shape index (κ2) is 9.76. The van der Waals surface area contributed by atoms with Gasteiger partial charge in [0.15, 0.2) is 6.61 Å². The number of aryl methyl sites for hydroxylation is 1. The van der Waals surface area contributed by atoms with Crippen molar-refractivity contribution in [1.29, 1.82) is 5.26 Å². The predicted molar refractivity (Wildman–Crippen MR) is 114 cm³/mol. The van der Waals surface area contributed by atoms with Crippen molar-refractivity contribution < 1.29 is 18.8 Å². The molecule has 0 amide bonds. The molecule has 8 heteroatoms. The largest absolute Gasteiger partial charge is 0.497 e. The van der Waals surface area contributed by atoms with Gasteiger partial charge < -0.3 is 18.6 Å². The van der Waals surface area contributed by atoms with E-state index >= 15 is 0 Å². The fourth-order valence-corrected chi connectivity index (χ4v) is 3.23. The summed E-state index contributed by atoms with van der Waals surface area (Å²) in [6, 6.07) is 11.1. The van der Waals surface area contributed by atoms with Crippen LogP contribution in [0, 0.1) is 25.2 Å². The van der Waals surface area contributed by atoms with Crippen molar-refractivity contribution in [3.63, 3.8) is 0 Å². The summed E-state index contributed by atoms with van der Waals surface area (Å²) >= 11 is 0. The zero-order valence-corrected chi connectivity index (χ0v) is 18.0. The Kier molecular flexibility index (Phi) is 6.88. The summed E-state index contributed by atoms with van der Waals surface area (Å²) in [5.74, 6) is 0.398. The van der Waals surface area contributed by atoms with Crippen LogP contribution in [0.1, 0.15) is 36.2 Å². The van der Waals surface area contributed by atoms with E-state index in [2.05, 4.69) is 21.6 Å². The van der Waals surface area contributed by atoms with Crippen LogP contribution >= 0.6 is 0 Å². The van der Waals surface area contributed by atoms with Gasteiger partial charge in [0.25, 0.3) is 5.89 Å². The van der Waals surface area contributed by atoms with E-state index in [0.717, 1.165) is 29.9 Å². The number of ether oxygens (including phenoxy) is 2. The van der Waals surface area contributed by atoms with Crippen molar-refractivity contribution in [3.05, 3.63) is 58.7 Å². The van der Waals surface area contributed by atoms with E-state index in [4.69, 9.17) is 14.0 Å². The van der Waals surface area contributed by atoms with Crippen molar-refractivity contribution in [2.75, 3.05) is 7.11 Å². The number of carbonyl (C=O) groups is 1. The van der Waals surface area contributed by atoms with Crippen molar-refractivity contribution in [2.45, 2.75) is 40.3 Å². The molecule has 0 aliphatic carbocycles. The van der Waals surface area contributed by atoms with E-state index < -0.39 is 5.97 Å². The SMILES string of the molecule is CCCn1c(C)cc(/C=C(\C#N)C(=O)OCc2nc(-c3cccc(OC)c3)no2)c1C. The van der Waals surface area contributed by atoms with Crippen LogP contribution in [0.25, 0.3) is 17.5 Å². The predicted octanol–water partition coefficient (Wildman–Crippen LogP) is 4.22. The van der Waals surface area contributed by atoms with E-state index in [1.54, 1.807) is 19.3 Å². The topological polar surface area (TPSA) is 103 Å². The van der Waals surface area contributed by atoms with E-state index in [9.17, 15) is 10.1 Å². The van der Waals surface area contributed by atoms with Gasteiger partial charge in [0, 0.05) is 23.5 Å². The van der Waals surface area contributed by atoms with Crippen LogP contribution in [0.4, 0.5) is 0 Å². The zero-order valence-electron chi connectivity index (χ0n) is 18.0. The Hall–Kier alpha value is -3.86. The van der Waals surface area contributed by atoms with Crippen LogP contribution in [0.3, 0.4) is 0 Å². The smallest absolute Gasteiger partial charge is 0.349 e. The fourth-order valence-electron chi connectivity index (χ4n) is 3.23. The molecule has 2 aromatic heterocycles. The van der Waals surface area contributed by atoms with Gasteiger partial charge in [-0.1, -0.05) is 24.2 Å². The minimum Gasteiger partial charge on any atom is -0.497 e. The Bertz CT molecular complexity index is 1150. The lowest BCUT2D eigenvalue weighted by Crippen LogP contribution is -2.07. The molecule has 1 aromatic carbocycles. The van der Waals surface area contributed by atoms with Crippen LogP contribution in [-0.4, -0.2) is 27.8 Å². The average Bonchev–Trinajstić information content (AvgIpc) is 3.36. The van der Waals surface area contributed by atoms with Gasteiger partial charge in [-0.05, 0) is 50.1 Å². The van der Waals surface area contributed by atoms with Gasteiger partial charge >= 0.3 is 5.97 Å². The van der Waals surface area contributed by atoms with Gasteiger partial charge in [0.05, 0.1) is 7.11 Å². The highest BCUT2D eigenvalue weighted by molar-refractivity contribution is 5.98. The third kappa shape index (κ3) is 5.01. The molecule has 2 heterocycles. The third-order valence-electron chi connectivity index (χ3n) is 4.82. The molecular weight excluding hydrogens is 396 g/mol. The van der Waals surface area contributed by atoms with Crippen LogP contribution < -0.4 is 4.74 Å². The van der Waals surface area contributed by atoms with E-state index in [1.165, 1.54) is 0 Å². The molecule has 0 spiro atoms. The van der Waals surface area contributed by atoms with Crippen LogP contribution in [0.5, 0.6) is 5.75 Å². The van der Waals surface area contributed by atoms with Crippen molar-refractivity contribution in [1.82, 2.24) is 14.7 Å².